The summed E-state index contributed by atoms with van der Waals surface area (Å²) in [5.74, 6) is 0.621. The number of hydrogen-bond donors (Lipinski definition) is 0. The van der Waals surface area contributed by atoms with Crippen LogP contribution in [-0.2, 0) is 6.18 Å². The third-order valence-corrected chi connectivity index (χ3v) is 6.62. The summed E-state index contributed by atoms with van der Waals surface area (Å²) in [5.41, 5.74) is -0.575. The molecule has 0 atom stereocenters. The third-order valence-electron chi connectivity index (χ3n) is 5.17. The standard InChI is InChI=1S/C25H18BrClF3N3O3/c1-3-36-19-12-15(20(26)21(27)22(19)35-2)13-31-33-23(14-7-6-8-16(11-14)25(28,29)30)32-18-10-5-4-9-17(18)24(33)34/h4-13H,3H2,1-2H3. The molecule has 0 spiro atoms. The molecule has 36 heavy (non-hydrogen) atoms. The number of ether oxygens (including phenoxy) is 2. The van der Waals surface area contributed by atoms with Crippen LogP contribution in [0.25, 0.3) is 22.3 Å². The Morgan fingerprint density at radius 3 is 2.61 bits per heavy atom. The van der Waals surface area contributed by atoms with E-state index in [4.69, 9.17) is 21.1 Å². The average molecular weight is 581 g/mol. The number of nitrogens with zero attached hydrogens (tertiary/aromatic N) is 3. The molecule has 0 aliphatic heterocycles. The summed E-state index contributed by atoms with van der Waals surface area (Å²) in [6.45, 7) is 2.14. The molecule has 11 heteroatoms. The van der Waals surface area contributed by atoms with Gasteiger partial charge in [-0.25, -0.2) is 4.98 Å². The molecule has 0 radical (unpaired) electrons. The Hall–Kier alpha value is -3.37. The number of rotatable bonds is 6. The predicted octanol–water partition coefficient (Wildman–Crippen LogP) is 6.79. The summed E-state index contributed by atoms with van der Waals surface area (Å²) in [6, 6.07) is 12.7. The summed E-state index contributed by atoms with van der Waals surface area (Å²) in [6.07, 6.45) is -3.23. The van der Waals surface area contributed by atoms with Crippen LogP contribution in [0, 0.1) is 0 Å². The highest BCUT2D eigenvalue weighted by Crippen LogP contribution is 2.42. The fraction of sp³-hybridized carbons (Fsp3) is 0.160. The molecule has 1 aromatic heterocycles. The number of hydrogen-bond acceptors (Lipinski definition) is 5. The normalized spacial score (nSPS) is 11.9. The van der Waals surface area contributed by atoms with Crippen LogP contribution in [0.4, 0.5) is 13.2 Å². The number of halogens is 5. The van der Waals surface area contributed by atoms with Crippen LogP contribution in [0.15, 0.2) is 69.0 Å². The summed E-state index contributed by atoms with van der Waals surface area (Å²) >= 11 is 9.81. The minimum atomic E-state index is -4.57. The highest BCUT2D eigenvalue weighted by Gasteiger charge is 2.31. The zero-order chi connectivity index (χ0) is 26.0. The summed E-state index contributed by atoms with van der Waals surface area (Å²) in [5, 5.41) is 4.79. The quantitative estimate of drug-likeness (QED) is 0.236. The number of benzene rings is 3. The molecule has 4 rings (SSSR count). The molecule has 186 valence electrons. The highest BCUT2D eigenvalue weighted by molar-refractivity contribution is 9.10. The van der Waals surface area contributed by atoms with Gasteiger partial charge in [0.2, 0.25) is 0 Å². The zero-order valence-electron chi connectivity index (χ0n) is 18.9. The van der Waals surface area contributed by atoms with Gasteiger partial charge in [0.15, 0.2) is 17.3 Å². The van der Waals surface area contributed by atoms with Crippen molar-refractivity contribution in [2.75, 3.05) is 13.7 Å². The maximum atomic E-state index is 13.4. The van der Waals surface area contributed by atoms with Gasteiger partial charge in [-0.3, -0.25) is 4.79 Å². The van der Waals surface area contributed by atoms with Crippen molar-refractivity contribution in [1.29, 1.82) is 0 Å². The van der Waals surface area contributed by atoms with Crippen molar-refractivity contribution in [3.63, 3.8) is 0 Å². The average Bonchev–Trinajstić information content (AvgIpc) is 2.86. The number of alkyl halides is 3. The molecule has 0 saturated carbocycles. The number of methoxy groups -OCH3 is 1. The van der Waals surface area contributed by atoms with E-state index < -0.39 is 17.3 Å². The number of fused-ring (bicyclic) bond motifs is 1. The maximum Gasteiger partial charge on any atom is 0.416 e. The number of aromatic nitrogens is 2. The molecule has 0 bridgehead atoms. The lowest BCUT2D eigenvalue weighted by atomic mass is 10.1. The first-order valence-corrected chi connectivity index (χ1v) is 11.7. The van der Waals surface area contributed by atoms with Gasteiger partial charge >= 0.3 is 6.18 Å². The van der Waals surface area contributed by atoms with Gasteiger partial charge < -0.3 is 9.47 Å². The van der Waals surface area contributed by atoms with Crippen LogP contribution in [-0.4, -0.2) is 29.6 Å². The molecule has 0 aliphatic carbocycles. The first-order valence-electron chi connectivity index (χ1n) is 10.6. The van der Waals surface area contributed by atoms with Crippen molar-refractivity contribution >= 4 is 44.6 Å². The Morgan fingerprint density at radius 2 is 1.92 bits per heavy atom. The van der Waals surface area contributed by atoms with Crippen molar-refractivity contribution in [2.24, 2.45) is 5.10 Å². The van der Waals surface area contributed by atoms with Gasteiger partial charge in [0.1, 0.15) is 5.02 Å². The first kappa shape index (κ1) is 25.7. The van der Waals surface area contributed by atoms with E-state index >= 15 is 0 Å². The topological polar surface area (TPSA) is 65.7 Å². The third kappa shape index (κ3) is 4.96. The molecule has 3 aromatic carbocycles. The smallest absolute Gasteiger partial charge is 0.416 e. The van der Waals surface area contributed by atoms with Crippen LogP contribution >= 0.6 is 27.5 Å². The molecule has 6 nitrogen and oxygen atoms in total. The van der Waals surface area contributed by atoms with Gasteiger partial charge in [0, 0.05) is 15.6 Å². The lowest BCUT2D eigenvalue weighted by Crippen LogP contribution is -2.20. The molecule has 0 fully saturated rings. The van der Waals surface area contributed by atoms with Gasteiger partial charge in [-0.1, -0.05) is 35.9 Å². The van der Waals surface area contributed by atoms with E-state index in [0.717, 1.165) is 16.8 Å². The first-order chi connectivity index (χ1) is 17.2. The molecule has 4 aromatic rings. The molecular weight excluding hydrogens is 563 g/mol. The Kier molecular flexibility index (Phi) is 7.37. The second-order valence-electron chi connectivity index (χ2n) is 7.45. The van der Waals surface area contributed by atoms with E-state index in [2.05, 4.69) is 26.0 Å². The lowest BCUT2D eigenvalue weighted by molar-refractivity contribution is -0.137. The fourth-order valence-corrected chi connectivity index (χ4v) is 4.20. The van der Waals surface area contributed by atoms with Crippen LogP contribution in [0.1, 0.15) is 18.1 Å². The van der Waals surface area contributed by atoms with E-state index in [1.54, 1.807) is 37.3 Å². The van der Waals surface area contributed by atoms with E-state index in [1.807, 2.05) is 0 Å². The zero-order valence-corrected chi connectivity index (χ0v) is 21.3. The van der Waals surface area contributed by atoms with Crippen molar-refractivity contribution in [3.05, 3.63) is 85.6 Å². The SMILES string of the molecule is CCOc1cc(C=Nn2c(-c3cccc(C(F)(F)F)c3)nc3ccccc3c2=O)c(Br)c(Cl)c1OC. The molecule has 0 unspecified atom stereocenters. The maximum absolute atomic E-state index is 13.4. The van der Waals surface area contributed by atoms with E-state index in [-0.39, 0.29) is 21.8 Å². The van der Waals surface area contributed by atoms with Crippen molar-refractivity contribution in [1.82, 2.24) is 9.66 Å². The van der Waals surface area contributed by atoms with Crippen LogP contribution < -0.4 is 15.0 Å². The van der Waals surface area contributed by atoms with E-state index in [9.17, 15) is 18.0 Å². The summed E-state index contributed by atoms with van der Waals surface area (Å²) in [7, 11) is 1.45. The van der Waals surface area contributed by atoms with E-state index in [1.165, 1.54) is 25.5 Å². The summed E-state index contributed by atoms with van der Waals surface area (Å²) in [4.78, 5) is 17.8. The Morgan fingerprint density at radius 1 is 1.17 bits per heavy atom. The molecule has 0 amide bonds. The molecule has 0 aliphatic rings. The van der Waals surface area contributed by atoms with Gasteiger partial charge in [-0.05, 0) is 53.2 Å². The monoisotopic (exact) mass is 579 g/mol. The van der Waals surface area contributed by atoms with Gasteiger partial charge in [-0.15, -0.1) is 0 Å². The van der Waals surface area contributed by atoms with Gasteiger partial charge in [0.25, 0.3) is 5.56 Å². The summed E-state index contributed by atoms with van der Waals surface area (Å²) < 4.78 is 52.4. The molecule has 1 heterocycles. The minimum Gasteiger partial charge on any atom is -0.491 e. The molecule has 0 N–H and O–H groups in total. The highest BCUT2D eigenvalue weighted by atomic mass is 79.9. The van der Waals surface area contributed by atoms with Crippen LogP contribution in [0.3, 0.4) is 0 Å². The van der Waals surface area contributed by atoms with Gasteiger partial charge in [-0.2, -0.15) is 22.9 Å². The largest absolute Gasteiger partial charge is 0.491 e. The van der Waals surface area contributed by atoms with Crippen molar-refractivity contribution in [2.45, 2.75) is 13.1 Å². The Balaban J connectivity index is 1.94. The Labute approximate surface area is 217 Å². The van der Waals surface area contributed by atoms with Crippen LogP contribution in [0.2, 0.25) is 5.02 Å². The molecule has 0 saturated heterocycles. The number of para-hydroxylation sites is 1. The minimum absolute atomic E-state index is 0.0539. The Bertz CT molecular complexity index is 1540. The van der Waals surface area contributed by atoms with E-state index in [0.29, 0.717) is 33.7 Å². The van der Waals surface area contributed by atoms with Crippen molar-refractivity contribution < 1.29 is 22.6 Å². The van der Waals surface area contributed by atoms with Crippen LogP contribution in [0.5, 0.6) is 11.5 Å². The second-order valence-corrected chi connectivity index (χ2v) is 8.62. The fourth-order valence-electron chi connectivity index (χ4n) is 3.52. The van der Waals surface area contributed by atoms with Crippen molar-refractivity contribution in [3.8, 4) is 22.9 Å². The lowest BCUT2D eigenvalue weighted by Gasteiger charge is -2.14. The van der Waals surface area contributed by atoms with Gasteiger partial charge in [0.05, 0.1) is 36.4 Å². The molecular formula is C25H18BrClF3N3O3. The predicted molar refractivity (Wildman–Crippen MR) is 136 cm³/mol. The second kappa shape index (κ2) is 10.3.